The van der Waals surface area contributed by atoms with E-state index in [-0.39, 0.29) is 5.78 Å². The molecule has 0 aliphatic carbocycles. The van der Waals surface area contributed by atoms with Crippen LogP contribution in [0.15, 0.2) is 72.8 Å². The number of anilines is 1. The highest BCUT2D eigenvalue weighted by Gasteiger charge is 2.55. The lowest BCUT2D eigenvalue weighted by atomic mass is 9.79. The molecule has 152 valence electrons. The maximum Gasteiger partial charge on any atom is 0.264 e. The lowest BCUT2D eigenvalue weighted by molar-refractivity contribution is -0.139. The van der Waals surface area contributed by atoms with Gasteiger partial charge in [-0.3, -0.25) is 9.59 Å². The smallest absolute Gasteiger partial charge is 0.264 e. The van der Waals surface area contributed by atoms with Gasteiger partial charge in [-0.05, 0) is 30.7 Å². The zero-order valence-electron chi connectivity index (χ0n) is 16.8. The van der Waals surface area contributed by atoms with Crippen molar-refractivity contribution in [3.8, 4) is 0 Å². The minimum absolute atomic E-state index is 0.294. The van der Waals surface area contributed by atoms with Crippen LogP contribution >= 0.6 is 11.6 Å². The molecule has 4 nitrogen and oxygen atoms in total. The number of carbonyl (C=O) groups is 2. The van der Waals surface area contributed by atoms with Gasteiger partial charge in [0.15, 0.2) is 11.4 Å². The largest absolute Gasteiger partial charge is 0.375 e. The fraction of sp³-hybridized carbons (Fsp3) is 0.200. The summed E-state index contributed by atoms with van der Waals surface area (Å²) >= 11 is 6.20. The molecule has 0 bridgehead atoms. The van der Waals surface area contributed by atoms with Crippen LogP contribution in [0.1, 0.15) is 34.0 Å². The van der Waals surface area contributed by atoms with Gasteiger partial charge in [0, 0.05) is 16.1 Å². The molecular weight excluding hydrogens is 398 g/mol. The molecule has 5 heteroatoms. The van der Waals surface area contributed by atoms with Crippen molar-refractivity contribution in [2.45, 2.75) is 26.0 Å². The van der Waals surface area contributed by atoms with E-state index in [4.69, 9.17) is 11.6 Å². The number of halogens is 1. The minimum atomic E-state index is -1.99. The van der Waals surface area contributed by atoms with Crippen LogP contribution in [0.2, 0.25) is 5.02 Å². The average Bonchev–Trinajstić information content (AvgIpc) is 2.97. The van der Waals surface area contributed by atoms with Crippen molar-refractivity contribution < 1.29 is 14.7 Å². The van der Waals surface area contributed by atoms with E-state index in [0.717, 1.165) is 11.1 Å². The minimum Gasteiger partial charge on any atom is -0.375 e. The number of ketones is 1. The zero-order chi connectivity index (χ0) is 21.5. The molecule has 0 aromatic heterocycles. The molecular formula is C25H22ClNO3. The first-order chi connectivity index (χ1) is 14.3. The highest BCUT2D eigenvalue weighted by Crippen LogP contribution is 2.47. The van der Waals surface area contributed by atoms with Crippen molar-refractivity contribution in [3.05, 3.63) is 100 Å². The average molecular weight is 420 g/mol. The molecule has 1 aliphatic rings. The van der Waals surface area contributed by atoms with E-state index >= 15 is 0 Å². The Morgan fingerprint density at radius 1 is 1.07 bits per heavy atom. The van der Waals surface area contributed by atoms with Crippen LogP contribution < -0.4 is 4.90 Å². The number of aryl methyl sites for hydroxylation is 1. The monoisotopic (exact) mass is 419 g/mol. The summed E-state index contributed by atoms with van der Waals surface area (Å²) in [7, 11) is 0. The molecule has 30 heavy (non-hydrogen) atoms. The number of hydrogen-bond donors (Lipinski definition) is 1. The highest BCUT2D eigenvalue weighted by molar-refractivity contribution is 6.31. The predicted octanol–water partition coefficient (Wildman–Crippen LogP) is 4.90. The Kier molecular flexibility index (Phi) is 5.22. The van der Waals surface area contributed by atoms with Gasteiger partial charge >= 0.3 is 0 Å². The molecule has 2 atom stereocenters. The van der Waals surface area contributed by atoms with Gasteiger partial charge in [-0.2, -0.15) is 0 Å². The SMILES string of the molecule is Cc1ccc(CN2C(=O)C(O)(C(C)C(=O)c3ccccc3)c3cc(Cl)ccc32)cc1. The quantitative estimate of drug-likeness (QED) is 0.598. The molecule has 0 radical (unpaired) electrons. The van der Waals surface area contributed by atoms with Gasteiger partial charge in [-0.1, -0.05) is 78.7 Å². The number of fused-ring (bicyclic) bond motifs is 1. The summed E-state index contributed by atoms with van der Waals surface area (Å²) in [4.78, 5) is 28.2. The normalized spacial score (nSPS) is 18.9. The first kappa shape index (κ1) is 20.3. The second-order valence-electron chi connectivity index (χ2n) is 7.76. The van der Waals surface area contributed by atoms with Gasteiger partial charge < -0.3 is 10.0 Å². The molecule has 2 unspecified atom stereocenters. The number of nitrogens with zero attached hydrogens (tertiary/aromatic N) is 1. The summed E-state index contributed by atoms with van der Waals surface area (Å²) in [5, 5.41) is 12.1. The summed E-state index contributed by atoms with van der Waals surface area (Å²) in [6.45, 7) is 3.88. The maximum absolute atomic E-state index is 13.5. The maximum atomic E-state index is 13.5. The molecule has 1 N–H and O–H groups in total. The van der Waals surface area contributed by atoms with Gasteiger partial charge in [0.25, 0.3) is 5.91 Å². The Morgan fingerprint density at radius 2 is 1.73 bits per heavy atom. The van der Waals surface area contributed by atoms with Crippen molar-refractivity contribution >= 4 is 29.0 Å². The molecule has 0 saturated carbocycles. The lowest BCUT2D eigenvalue weighted by Crippen LogP contribution is -2.47. The van der Waals surface area contributed by atoms with Gasteiger partial charge in [-0.25, -0.2) is 0 Å². The molecule has 1 heterocycles. The Labute approximate surface area is 180 Å². The molecule has 4 rings (SSSR count). The standard InChI is InChI=1S/C25H22ClNO3/c1-16-8-10-18(11-9-16)15-27-22-13-12-20(26)14-21(22)25(30,24(27)29)17(2)23(28)19-6-4-3-5-7-19/h3-14,17,30H,15H2,1-2H3. The summed E-state index contributed by atoms with van der Waals surface area (Å²) in [5.41, 5.74) is 1.45. The lowest BCUT2D eigenvalue weighted by Gasteiger charge is -2.28. The van der Waals surface area contributed by atoms with E-state index in [9.17, 15) is 14.7 Å². The van der Waals surface area contributed by atoms with Crippen molar-refractivity contribution in [2.24, 2.45) is 5.92 Å². The van der Waals surface area contributed by atoms with E-state index < -0.39 is 17.4 Å². The molecule has 3 aromatic rings. The van der Waals surface area contributed by atoms with Crippen molar-refractivity contribution in [1.82, 2.24) is 0 Å². The number of carbonyl (C=O) groups excluding carboxylic acids is 2. The van der Waals surface area contributed by atoms with Crippen LogP contribution in [0.25, 0.3) is 0 Å². The van der Waals surface area contributed by atoms with E-state index in [0.29, 0.717) is 28.4 Å². The second kappa shape index (κ2) is 7.71. The number of Topliss-reactive ketones (excluding diaryl/α,β-unsaturated/α-hetero) is 1. The van der Waals surface area contributed by atoms with Crippen LogP contribution in [0.4, 0.5) is 5.69 Å². The summed E-state index contributed by atoms with van der Waals surface area (Å²) in [5.74, 6) is -1.79. The van der Waals surface area contributed by atoms with Crippen molar-refractivity contribution in [1.29, 1.82) is 0 Å². The van der Waals surface area contributed by atoms with Crippen molar-refractivity contribution in [2.75, 3.05) is 4.90 Å². The van der Waals surface area contributed by atoms with Crippen LogP contribution in [0.5, 0.6) is 0 Å². The molecule has 3 aromatic carbocycles. The Balaban J connectivity index is 1.76. The summed E-state index contributed by atoms with van der Waals surface area (Å²) in [6, 6.07) is 21.6. The Hall–Kier alpha value is -2.95. The highest BCUT2D eigenvalue weighted by atomic mass is 35.5. The zero-order valence-corrected chi connectivity index (χ0v) is 17.6. The summed E-state index contributed by atoms with van der Waals surface area (Å²) in [6.07, 6.45) is 0. The second-order valence-corrected chi connectivity index (χ2v) is 8.19. The van der Waals surface area contributed by atoms with E-state index in [2.05, 4.69) is 0 Å². The molecule has 0 saturated heterocycles. The number of hydrogen-bond acceptors (Lipinski definition) is 3. The third-order valence-electron chi connectivity index (χ3n) is 5.77. The molecule has 0 spiro atoms. The van der Waals surface area contributed by atoms with Gasteiger partial charge in [0.05, 0.1) is 18.2 Å². The van der Waals surface area contributed by atoms with Gasteiger partial charge in [0.1, 0.15) is 0 Å². The first-order valence-electron chi connectivity index (χ1n) is 9.81. The predicted molar refractivity (Wildman–Crippen MR) is 118 cm³/mol. The topological polar surface area (TPSA) is 57.6 Å². The van der Waals surface area contributed by atoms with Crippen molar-refractivity contribution in [3.63, 3.8) is 0 Å². The first-order valence-corrected chi connectivity index (χ1v) is 10.2. The molecule has 1 amide bonds. The number of rotatable bonds is 5. The Morgan fingerprint density at radius 3 is 2.40 bits per heavy atom. The van der Waals surface area contributed by atoms with E-state index in [1.807, 2.05) is 37.3 Å². The number of benzene rings is 3. The summed E-state index contributed by atoms with van der Waals surface area (Å²) < 4.78 is 0. The third-order valence-corrected chi connectivity index (χ3v) is 6.01. The van der Waals surface area contributed by atoms with E-state index in [1.54, 1.807) is 49.4 Å². The fourth-order valence-corrected chi connectivity index (χ4v) is 4.15. The van der Waals surface area contributed by atoms with Crippen LogP contribution in [0, 0.1) is 12.8 Å². The van der Waals surface area contributed by atoms with Crippen LogP contribution in [0.3, 0.4) is 0 Å². The van der Waals surface area contributed by atoms with Crippen LogP contribution in [-0.2, 0) is 16.9 Å². The van der Waals surface area contributed by atoms with Crippen LogP contribution in [-0.4, -0.2) is 16.8 Å². The Bertz CT molecular complexity index is 1110. The number of aliphatic hydroxyl groups is 1. The molecule has 0 fully saturated rings. The van der Waals surface area contributed by atoms with Gasteiger partial charge in [-0.15, -0.1) is 0 Å². The van der Waals surface area contributed by atoms with Gasteiger partial charge in [0.2, 0.25) is 0 Å². The fourth-order valence-electron chi connectivity index (χ4n) is 3.97. The third kappa shape index (κ3) is 3.32. The molecule has 1 aliphatic heterocycles. The van der Waals surface area contributed by atoms with E-state index in [1.165, 1.54) is 4.90 Å². The number of amides is 1.